The van der Waals surface area contributed by atoms with Crippen molar-refractivity contribution in [1.29, 1.82) is 0 Å². The van der Waals surface area contributed by atoms with Crippen LogP contribution in [0, 0.1) is 5.82 Å². The van der Waals surface area contributed by atoms with Gasteiger partial charge in [0.05, 0.1) is 17.1 Å². The SMILES string of the molecule is CN(C(=O)c1ccc(-c2ccncn2)c(-c2ccncn2)c1)c1ccccc1F. The molecule has 6 nitrogen and oxygen atoms in total. The Hall–Kier alpha value is -4.00. The Kier molecular flexibility index (Phi) is 5.03. The van der Waals surface area contributed by atoms with E-state index < -0.39 is 5.82 Å². The van der Waals surface area contributed by atoms with E-state index in [-0.39, 0.29) is 11.6 Å². The number of aromatic nitrogens is 4. The Balaban J connectivity index is 1.80. The third-order valence-corrected chi connectivity index (χ3v) is 4.50. The molecule has 4 rings (SSSR count). The van der Waals surface area contributed by atoms with Crippen LogP contribution in [-0.2, 0) is 0 Å². The van der Waals surface area contributed by atoms with Crippen LogP contribution in [0.3, 0.4) is 0 Å². The van der Waals surface area contributed by atoms with Gasteiger partial charge in [0, 0.05) is 36.1 Å². The number of carbonyl (C=O) groups excluding carboxylic acids is 1. The summed E-state index contributed by atoms with van der Waals surface area (Å²) >= 11 is 0. The molecule has 2 heterocycles. The zero-order valence-corrected chi connectivity index (χ0v) is 15.5. The van der Waals surface area contributed by atoms with Crippen molar-refractivity contribution in [1.82, 2.24) is 19.9 Å². The second-order valence-corrected chi connectivity index (χ2v) is 6.27. The van der Waals surface area contributed by atoms with Gasteiger partial charge in [0.2, 0.25) is 0 Å². The Morgan fingerprint density at radius 2 is 1.52 bits per heavy atom. The molecule has 0 N–H and O–H groups in total. The second-order valence-electron chi connectivity index (χ2n) is 6.27. The molecule has 29 heavy (non-hydrogen) atoms. The first-order valence-corrected chi connectivity index (χ1v) is 8.84. The molecule has 142 valence electrons. The van der Waals surface area contributed by atoms with Gasteiger partial charge in [0.15, 0.2) is 0 Å². The topological polar surface area (TPSA) is 71.9 Å². The zero-order valence-electron chi connectivity index (χ0n) is 15.5. The van der Waals surface area contributed by atoms with E-state index in [1.54, 1.807) is 61.9 Å². The van der Waals surface area contributed by atoms with Crippen LogP contribution in [0.1, 0.15) is 10.4 Å². The van der Waals surface area contributed by atoms with Crippen molar-refractivity contribution in [3.05, 3.63) is 91.0 Å². The van der Waals surface area contributed by atoms with Crippen LogP contribution in [0.4, 0.5) is 10.1 Å². The molecule has 2 aromatic carbocycles. The Bertz CT molecular complexity index is 1150. The Morgan fingerprint density at radius 1 is 0.862 bits per heavy atom. The summed E-state index contributed by atoms with van der Waals surface area (Å²) in [6.45, 7) is 0. The fourth-order valence-electron chi connectivity index (χ4n) is 3.04. The van der Waals surface area contributed by atoms with Crippen LogP contribution in [0.15, 0.2) is 79.6 Å². The molecule has 0 aliphatic carbocycles. The maximum Gasteiger partial charge on any atom is 0.258 e. The smallest absolute Gasteiger partial charge is 0.258 e. The second kappa shape index (κ2) is 7.93. The van der Waals surface area contributed by atoms with E-state index in [2.05, 4.69) is 19.9 Å². The summed E-state index contributed by atoms with van der Waals surface area (Å²) in [4.78, 5) is 30.8. The summed E-state index contributed by atoms with van der Waals surface area (Å²) in [5.74, 6) is -0.795. The summed E-state index contributed by atoms with van der Waals surface area (Å²) in [5, 5.41) is 0. The lowest BCUT2D eigenvalue weighted by Gasteiger charge is -2.19. The third kappa shape index (κ3) is 3.70. The number of halogens is 1. The first kappa shape index (κ1) is 18.4. The minimum Gasteiger partial charge on any atom is -0.309 e. The van der Waals surface area contributed by atoms with Gasteiger partial charge in [0.25, 0.3) is 5.91 Å². The summed E-state index contributed by atoms with van der Waals surface area (Å²) < 4.78 is 14.1. The van der Waals surface area contributed by atoms with Crippen molar-refractivity contribution < 1.29 is 9.18 Å². The summed E-state index contributed by atoms with van der Waals surface area (Å²) in [7, 11) is 1.55. The molecule has 0 unspecified atom stereocenters. The maximum absolute atomic E-state index is 14.1. The molecule has 2 aromatic heterocycles. The van der Waals surface area contributed by atoms with Crippen LogP contribution in [0.25, 0.3) is 22.5 Å². The zero-order chi connectivity index (χ0) is 20.2. The fraction of sp³-hybridized carbons (Fsp3) is 0.0455. The Labute approximate surface area is 166 Å². The Morgan fingerprint density at radius 3 is 2.14 bits per heavy atom. The molecular weight excluding hydrogens is 369 g/mol. The predicted molar refractivity (Wildman–Crippen MR) is 108 cm³/mol. The quantitative estimate of drug-likeness (QED) is 0.531. The van der Waals surface area contributed by atoms with Gasteiger partial charge in [-0.2, -0.15) is 0 Å². The van der Waals surface area contributed by atoms with Gasteiger partial charge >= 0.3 is 0 Å². The monoisotopic (exact) mass is 385 g/mol. The molecule has 7 heteroatoms. The summed E-state index contributed by atoms with van der Waals surface area (Å²) in [6.07, 6.45) is 6.19. The van der Waals surface area contributed by atoms with Gasteiger partial charge in [-0.25, -0.2) is 24.3 Å². The average Bonchev–Trinajstić information content (AvgIpc) is 2.79. The highest BCUT2D eigenvalue weighted by Crippen LogP contribution is 2.31. The minimum atomic E-state index is -0.461. The number of para-hydroxylation sites is 1. The number of hydrogen-bond donors (Lipinski definition) is 0. The van der Waals surface area contributed by atoms with Crippen molar-refractivity contribution in [2.45, 2.75) is 0 Å². The number of carbonyl (C=O) groups is 1. The highest BCUT2D eigenvalue weighted by molar-refractivity contribution is 6.07. The van der Waals surface area contributed by atoms with Gasteiger partial charge in [-0.1, -0.05) is 18.2 Å². The number of amides is 1. The molecule has 4 aromatic rings. The number of benzene rings is 2. The van der Waals surface area contributed by atoms with Gasteiger partial charge < -0.3 is 4.90 Å². The molecular formula is C22H16FN5O. The molecule has 0 saturated heterocycles. The molecule has 0 aliphatic rings. The highest BCUT2D eigenvalue weighted by atomic mass is 19.1. The number of hydrogen-bond acceptors (Lipinski definition) is 5. The van der Waals surface area contributed by atoms with E-state index >= 15 is 0 Å². The fourth-order valence-corrected chi connectivity index (χ4v) is 3.04. The van der Waals surface area contributed by atoms with Gasteiger partial charge in [-0.05, 0) is 36.4 Å². The molecule has 1 amide bonds. The molecule has 0 radical (unpaired) electrons. The van der Waals surface area contributed by atoms with Crippen molar-refractivity contribution in [3.8, 4) is 22.5 Å². The van der Waals surface area contributed by atoms with Crippen LogP contribution < -0.4 is 4.90 Å². The van der Waals surface area contributed by atoms with Crippen LogP contribution >= 0.6 is 0 Å². The predicted octanol–water partition coefficient (Wildman–Crippen LogP) is 4.02. The summed E-state index contributed by atoms with van der Waals surface area (Å²) in [5.41, 5.74) is 3.49. The van der Waals surface area contributed by atoms with Crippen molar-refractivity contribution in [2.75, 3.05) is 11.9 Å². The molecule has 0 aliphatic heterocycles. The van der Waals surface area contributed by atoms with Crippen molar-refractivity contribution in [2.24, 2.45) is 0 Å². The lowest BCUT2D eigenvalue weighted by molar-refractivity contribution is 0.0992. The molecule has 0 saturated carbocycles. The third-order valence-electron chi connectivity index (χ3n) is 4.50. The molecule has 0 bridgehead atoms. The first-order valence-electron chi connectivity index (χ1n) is 8.84. The van der Waals surface area contributed by atoms with Crippen LogP contribution in [0.5, 0.6) is 0 Å². The van der Waals surface area contributed by atoms with Crippen LogP contribution in [0.2, 0.25) is 0 Å². The van der Waals surface area contributed by atoms with Gasteiger partial charge in [-0.15, -0.1) is 0 Å². The van der Waals surface area contributed by atoms with E-state index in [0.717, 1.165) is 11.1 Å². The van der Waals surface area contributed by atoms with E-state index in [1.165, 1.54) is 23.6 Å². The molecule has 0 fully saturated rings. The minimum absolute atomic E-state index is 0.209. The van der Waals surface area contributed by atoms with E-state index in [0.29, 0.717) is 17.0 Å². The van der Waals surface area contributed by atoms with Gasteiger partial charge in [0.1, 0.15) is 18.5 Å². The van der Waals surface area contributed by atoms with Crippen LogP contribution in [-0.4, -0.2) is 32.9 Å². The van der Waals surface area contributed by atoms with E-state index in [4.69, 9.17) is 0 Å². The lowest BCUT2D eigenvalue weighted by atomic mass is 9.98. The molecule has 0 spiro atoms. The van der Waals surface area contributed by atoms with E-state index in [9.17, 15) is 9.18 Å². The van der Waals surface area contributed by atoms with Gasteiger partial charge in [-0.3, -0.25) is 4.79 Å². The number of rotatable bonds is 4. The average molecular weight is 385 g/mol. The maximum atomic E-state index is 14.1. The lowest BCUT2D eigenvalue weighted by Crippen LogP contribution is -2.27. The van der Waals surface area contributed by atoms with Crippen molar-refractivity contribution >= 4 is 11.6 Å². The normalized spacial score (nSPS) is 10.6. The number of nitrogens with zero attached hydrogens (tertiary/aromatic N) is 5. The van der Waals surface area contributed by atoms with Crippen molar-refractivity contribution in [3.63, 3.8) is 0 Å². The highest BCUT2D eigenvalue weighted by Gasteiger charge is 2.19. The summed E-state index contributed by atoms with van der Waals surface area (Å²) in [6, 6.07) is 14.9. The number of anilines is 1. The standard InChI is InChI=1S/C22H16FN5O/c1-28(21-5-3-2-4-18(21)23)22(29)15-6-7-16(19-8-10-24-13-26-19)17(12-15)20-9-11-25-14-27-20/h2-14H,1H3. The largest absolute Gasteiger partial charge is 0.309 e. The van der Waals surface area contributed by atoms with E-state index in [1.807, 2.05) is 6.07 Å². The molecule has 0 atom stereocenters. The first-order chi connectivity index (χ1) is 14.1.